The first-order valence-corrected chi connectivity index (χ1v) is 3.55. The normalized spacial score (nSPS) is 11.6. The standard InChI is InChI=1S/C7H11N3O2/c1-10(2,3)5-4-8-7(12)9-6(5)11/h4H,1-3H3,(H-,8,9,11,12)/p+1. The Labute approximate surface area is 69.3 Å². The number of quaternary nitrogens is 1. The highest BCUT2D eigenvalue weighted by molar-refractivity contribution is 5.34. The van der Waals surface area contributed by atoms with Crippen molar-refractivity contribution in [2.45, 2.75) is 0 Å². The lowest BCUT2D eigenvalue weighted by Gasteiger charge is -2.21. The molecule has 1 aromatic rings. The molecule has 5 nitrogen and oxygen atoms in total. The SMILES string of the molecule is C[N+](C)(C)c1c[nH]c(=O)[nH]c1=O. The van der Waals surface area contributed by atoms with Gasteiger partial charge in [-0.05, 0) is 0 Å². The van der Waals surface area contributed by atoms with Crippen molar-refractivity contribution in [3.63, 3.8) is 0 Å². The van der Waals surface area contributed by atoms with Crippen LogP contribution in [0.1, 0.15) is 0 Å². The van der Waals surface area contributed by atoms with E-state index in [2.05, 4.69) is 9.97 Å². The van der Waals surface area contributed by atoms with Gasteiger partial charge in [0.2, 0.25) is 5.69 Å². The zero-order valence-electron chi connectivity index (χ0n) is 7.34. The Morgan fingerprint density at radius 3 is 2.25 bits per heavy atom. The van der Waals surface area contributed by atoms with Gasteiger partial charge in [0.1, 0.15) is 0 Å². The third-order valence-corrected chi connectivity index (χ3v) is 1.52. The summed E-state index contributed by atoms with van der Waals surface area (Å²) >= 11 is 0. The molecular weight excluding hydrogens is 158 g/mol. The van der Waals surface area contributed by atoms with E-state index in [9.17, 15) is 9.59 Å². The van der Waals surface area contributed by atoms with Crippen LogP contribution in [0.3, 0.4) is 0 Å². The van der Waals surface area contributed by atoms with Crippen molar-refractivity contribution in [2.75, 3.05) is 21.1 Å². The maximum atomic E-state index is 11.2. The quantitative estimate of drug-likeness (QED) is 0.545. The second-order valence-electron chi connectivity index (χ2n) is 3.47. The number of hydrogen-bond acceptors (Lipinski definition) is 2. The van der Waals surface area contributed by atoms with E-state index in [1.54, 1.807) is 0 Å². The molecule has 66 valence electrons. The van der Waals surface area contributed by atoms with Gasteiger partial charge in [-0.3, -0.25) is 14.3 Å². The van der Waals surface area contributed by atoms with Gasteiger partial charge in [-0.15, -0.1) is 0 Å². The summed E-state index contributed by atoms with van der Waals surface area (Å²) in [7, 11) is 5.55. The van der Waals surface area contributed by atoms with E-state index in [1.165, 1.54) is 6.20 Å². The third-order valence-electron chi connectivity index (χ3n) is 1.52. The van der Waals surface area contributed by atoms with Crippen LogP contribution in [0.4, 0.5) is 5.69 Å². The van der Waals surface area contributed by atoms with Gasteiger partial charge in [-0.2, -0.15) is 0 Å². The molecule has 0 aliphatic rings. The Morgan fingerprint density at radius 1 is 1.25 bits per heavy atom. The van der Waals surface area contributed by atoms with Crippen molar-refractivity contribution in [1.29, 1.82) is 0 Å². The van der Waals surface area contributed by atoms with Gasteiger partial charge in [0.25, 0.3) is 0 Å². The number of hydrogen-bond donors (Lipinski definition) is 2. The molecular formula is C7H12N3O2+. The van der Waals surface area contributed by atoms with Gasteiger partial charge >= 0.3 is 11.2 Å². The molecule has 5 heteroatoms. The third kappa shape index (κ3) is 1.62. The molecule has 2 N–H and O–H groups in total. The summed E-state index contributed by atoms with van der Waals surface area (Å²) in [6, 6.07) is 0. The monoisotopic (exact) mass is 170 g/mol. The van der Waals surface area contributed by atoms with Crippen LogP contribution in [-0.4, -0.2) is 31.1 Å². The molecule has 0 aromatic carbocycles. The molecule has 0 fully saturated rings. The van der Waals surface area contributed by atoms with Gasteiger partial charge in [-0.1, -0.05) is 0 Å². The summed E-state index contributed by atoms with van der Waals surface area (Å²) in [6.45, 7) is 0. The molecule has 12 heavy (non-hydrogen) atoms. The average Bonchev–Trinajstić information content (AvgIpc) is 1.83. The minimum Gasteiger partial charge on any atom is -0.308 e. The van der Waals surface area contributed by atoms with E-state index in [-0.39, 0.29) is 5.56 Å². The first-order chi connectivity index (χ1) is 5.41. The van der Waals surface area contributed by atoms with Gasteiger partial charge in [0.05, 0.1) is 27.3 Å². The first-order valence-electron chi connectivity index (χ1n) is 3.55. The van der Waals surface area contributed by atoms with Crippen LogP contribution >= 0.6 is 0 Å². The van der Waals surface area contributed by atoms with Crippen molar-refractivity contribution in [1.82, 2.24) is 14.5 Å². The number of H-pyrrole nitrogens is 2. The molecule has 0 spiro atoms. The van der Waals surface area contributed by atoms with Crippen LogP contribution in [-0.2, 0) is 0 Å². The molecule has 0 amide bonds. The van der Waals surface area contributed by atoms with Gasteiger partial charge in [-0.25, -0.2) is 4.79 Å². The molecule has 1 rings (SSSR count). The van der Waals surface area contributed by atoms with E-state index in [0.29, 0.717) is 10.2 Å². The van der Waals surface area contributed by atoms with Crippen LogP contribution in [0.5, 0.6) is 0 Å². The van der Waals surface area contributed by atoms with Crippen molar-refractivity contribution in [2.24, 2.45) is 0 Å². The summed E-state index contributed by atoms with van der Waals surface area (Å²) < 4.78 is 0.381. The lowest BCUT2D eigenvalue weighted by atomic mass is 10.4. The van der Waals surface area contributed by atoms with Crippen molar-refractivity contribution >= 4 is 5.69 Å². The number of rotatable bonds is 1. The van der Waals surface area contributed by atoms with Gasteiger partial charge in [0.15, 0.2) is 0 Å². The number of nitrogens with one attached hydrogen (secondary N) is 2. The van der Waals surface area contributed by atoms with Crippen molar-refractivity contribution < 1.29 is 0 Å². The zero-order valence-corrected chi connectivity index (χ0v) is 7.34. The van der Waals surface area contributed by atoms with E-state index in [0.717, 1.165) is 0 Å². The van der Waals surface area contributed by atoms with Gasteiger partial charge < -0.3 is 4.98 Å². The molecule has 0 bridgehead atoms. The average molecular weight is 170 g/mol. The fraction of sp³-hybridized carbons (Fsp3) is 0.429. The van der Waals surface area contributed by atoms with Crippen molar-refractivity contribution in [3.8, 4) is 0 Å². The maximum absolute atomic E-state index is 11.2. The lowest BCUT2D eigenvalue weighted by Crippen LogP contribution is -2.41. The fourth-order valence-electron chi connectivity index (χ4n) is 0.901. The molecule has 1 aromatic heterocycles. The number of nitrogens with zero attached hydrogens (tertiary/aromatic N) is 1. The van der Waals surface area contributed by atoms with E-state index < -0.39 is 5.69 Å². The second kappa shape index (κ2) is 2.60. The molecule has 0 radical (unpaired) electrons. The lowest BCUT2D eigenvalue weighted by molar-refractivity contribution is 0.478. The topological polar surface area (TPSA) is 65.7 Å². The second-order valence-corrected chi connectivity index (χ2v) is 3.47. The Bertz CT molecular complexity index is 383. The van der Waals surface area contributed by atoms with Crippen LogP contribution < -0.4 is 15.7 Å². The maximum Gasteiger partial charge on any atom is 0.326 e. The highest BCUT2D eigenvalue weighted by Crippen LogP contribution is 2.05. The molecule has 0 atom stereocenters. The molecule has 0 saturated heterocycles. The summed E-state index contributed by atoms with van der Waals surface area (Å²) in [5.41, 5.74) is -0.293. The number of aromatic nitrogens is 2. The summed E-state index contributed by atoms with van der Waals surface area (Å²) in [6.07, 6.45) is 1.43. The minimum absolute atomic E-state index is 0.341. The Kier molecular flexibility index (Phi) is 1.89. The van der Waals surface area contributed by atoms with Crippen LogP contribution in [0.15, 0.2) is 15.8 Å². The number of aromatic amines is 2. The smallest absolute Gasteiger partial charge is 0.308 e. The first kappa shape index (κ1) is 8.73. The minimum atomic E-state index is -0.475. The Balaban J connectivity index is 3.39. The van der Waals surface area contributed by atoms with E-state index in [4.69, 9.17) is 0 Å². The van der Waals surface area contributed by atoms with Crippen LogP contribution in [0.25, 0.3) is 0 Å². The largest absolute Gasteiger partial charge is 0.326 e. The summed E-state index contributed by atoms with van der Waals surface area (Å²) in [5.74, 6) is 0. The summed E-state index contributed by atoms with van der Waals surface area (Å²) in [4.78, 5) is 26.4. The van der Waals surface area contributed by atoms with Crippen molar-refractivity contribution in [3.05, 3.63) is 27.0 Å². The fourth-order valence-corrected chi connectivity index (χ4v) is 0.901. The molecule has 0 unspecified atom stereocenters. The van der Waals surface area contributed by atoms with E-state index in [1.807, 2.05) is 21.1 Å². The molecule has 0 saturated carbocycles. The highest BCUT2D eigenvalue weighted by atomic mass is 16.2. The van der Waals surface area contributed by atoms with Gasteiger partial charge in [0, 0.05) is 0 Å². The molecule has 0 aliphatic heterocycles. The van der Waals surface area contributed by atoms with Crippen LogP contribution in [0.2, 0.25) is 0 Å². The molecule has 1 heterocycles. The van der Waals surface area contributed by atoms with E-state index >= 15 is 0 Å². The Morgan fingerprint density at radius 2 is 1.83 bits per heavy atom. The predicted octanol–water partition coefficient (Wildman–Crippen LogP) is -0.740. The predicted molar refractivity (Wildman–Crippen MR) is 47.2 cm³/mol. The summed E-state index contributed by atoms with van der Waals surface area (Å²) in [5, 5.41) is 0. The zero-order chi connectivity index (χ0) is 9.35. The van der Waals surface area contributed by atoms with Crippen LogP contribution in [0, 0.1) is 0 Å². The Hall–Kier alpha value is -1.36. The highest BCUT2D eigenvalue weighted by Gasteiger charge is 2.16. The molecule has 0 aliphatic carbocycles.